The van der Waals surface area contributed by atoms with Gasteiger partial charge >= 0.3 is 5.97 Å². The standard InChI is InChI=1S/C24H35N5O3S/c1-7-20-9-11-21(12-10-20)29(19(2)23(31)32-18-8-14-25)15-13-22(30)27(5)16-17-28(6)24(33)26(3)4/h7,9-12,19H,1,8,13,15-18H2,2-6H3. The molecule has 1 atom stereocenters. The van der Waals surface area contributed by atoms with E-state index in [0.29, 0.717) is 24.7 Å². The molecule has 0 aliphatic rings. The van der Waals surface area contributed by atoms with Crippen molar-refractivity contribution in [1.29, 1.82) is 5.26 Å². The first-order valence-corrected chi connectivity index (χ1v) is 11.2. The normalized spacial score (nSPS) is 11.0. The molecule has 0 heterocycles. The number of rotatable bonds is 12. The number of esters is 1. The first kappa shape index (κ1) is 27.9. The van der Waals surface area contributed by atoms with Gasteiger partial charge in [0.05, 0.1) is 12.5 Å². The molecule has 0 aromatic heterocycles. The second-order valence-corrected chi connectivity index (χ2v) is 8.27. The van der Waals surface area contributed by atoms with Crippen molar-refractivity contribution in [2.24, 2.45) is 0 Å². The third-order valence-electron chi connectivity index (χ3n) is 5.20. The summed E-state index contributed by atoms with van der Waals surface area (Å²) >= 11 is 5.34. The highest BCUT2D eigenvalue weighted by atomic mass is 32.1. The SMILES string of the molecule is C=Cc1ccc(N(CCC(=O)N(C)CCN(C)C(=S)N(C)C)C(C)C(=O)OCCC#N)cc1. The Balaban J connectivity index is 2.82. The van der Waals surface area contributed by atoms with Gasteiger partial charge in [-0.2, -0.15) is 5.26 Å². The van der Waals surface area contributed by atoms with Gasteiger partial charge in [-0.3, -0.25) is 4.79 Å². The van der Waals surface area contributed by atoms with Gasteiger partial charge in [0.25, 0.3) is 0 Å². The second-order valence-electron chi connectivity index (χ2n) is 7.90. The fraction of sp³-hybridized carbons (Fsp3) is 0.500. The summed E-state index contributed by atoms with van der Waals surface area (Å²) in [5.74, 6) is -0.463. The Morgan fingerprint density at radius 1 is 1.12 bits per heavy atom. The number of benzene rings is 1. The molecule has 1 amide bonds. The van der Waals surface area contributed by atoms with Crippen LogP contribution in [-0.2, 0) is 14.3 Å². The van der Waals surface area contributed by atoms with E-state index in [1.165, 1.54) is 0 Å². The highest BCUT2D eigenvalue weighted by molar-refractivity contribution is 7.80. The molecule has 33 heavy (non-hydrogen) atoms. The van der Waals surface area contributed by atoms with E-state index in [-0.39, 0.29) is 25.4 Å². The van der Waals surface area contributed by atoms with Gasteiger partial charge in [-0.1, -0.05) is 24.8 Å². The van der Waals surface area contributed by atoms with Crippen molar-refractivity contribution in [2.75, 3.05) is 59.3 Å². The van der Waals surface area contributed by atoms with E-state index >= 15 is 0 Å². The minimum Gasteiger partial charge on any atom is -0.463 e. The molecule has 9 heteroatoms. The summed E-state index contributed by atoms with van der Waals surface area (Å²) in [6.45, 7) is 7.04. The molecule has 0 aliphatic heterocycles. The number of nitrogens with zero attached hydrogens (tertiary/aromatic N) is 5. The second kappa shape index (κ2) is 14.1. The maximum absolute atomic E-state index is 12.8. The van der Waals surface area contributed by atoms with Crippen molar-refractivity contribution < 1.29 is 14.3 Å². The van der Waals surface area contributed by atoms with Gasteiger partial charge in [0, 0.05) is 59.9 Å². The van der Waals surface area contributed by atoms with Gasteiger partial charge in [-0.25, -0.2) is 4.79 Å². The summed E-state index contributed by atoms with van der Waals surface area (Å²) in [6, 6.07) is 8.93. The van der Waals surface area contributed by atoms with Crippen molar-refractivity contribution in [3.05, 3.63) is 36.4 Å². The van der Waals surface area contributed by atoms with Crippen molar-refractivity contribution in [3.8, 4) is 6.07 Å². The number of hydrogen-bond acceptors (Lipinski definition) is 6. The first-order chi connectivity index (χ1) is 15.6. The molecule has 0 aliphatic carbocycles. The minimum absolute atomic E-state index is 0.0306. The van der Waals surface area contributed by atoms with E-state index in [0.717, 1.165) is 11.3 Å². The predicted octanol–water partition coefficient (Wildman–Crippen LogP) is 2.61. The fourth-order valence-corrected chi connectivity index (χ4v) is 3.15. The molecule has 0 fully saturated rings. The van der Waals surface area contributed by atoms with E-state index in [1.807, 2.05) is 66.2 Å². The lowest BCUT2D eigenvalue weighted by atomic mass is 10.1. The Hall–Kier alpha value is -3.12. The monoisotopic (exact) mass is 473 g/mol. The van der Waals surface area contributed by atoms with Crippen molar-refractivity contribution in [2.45, 2.75) is 25.8 Å². The van der Waals surface area contributed by atoms with E-state index in [2.05, 4.69) is 6.58 Å². The molecule has 8 nitrogen and oxygen atoms in total. The van der Waals surface area contributed by atoms with Crippen LogP contribution in [0.5, 0.6) is 0 Å². The van der Waals surface area contributed by atoms with Gasteiger partial charge < -0.3 is 24.3 Å². The molecule has 1 aromatic rings. The Kier molecular flexibility index (Phi) is 11.9. The summed E-state index contributed by atoms with van der Waals surface area (Å²) < 4.78 is 5.22. The van der Waals surface area contributed by atoms with Gasteiger partial charge in [0.2, 0.25) is 5.91 Å². The number of nitriles is 1. The van der Waals surface area contributed by atoms with Crippen molar-refractivity contribution >= 4 is 41.0 Å². The number of carbonyl (C=O) groups excluding carboxylic acids is 2. The van der Waals surface area contributed by atoms with Crippen LogP contribution in [0.25, 0.3) is 6.08 Å². The molecular weight excluding hydrogens is 438 g/mol. The van der Waals surface area contributed by atoms with E-state index in [4.69, 9.17) is 22.2 Å². The number of likely N-dealkylation sites (N-methyl/N-ethyl adjacent to an activating group) is 2. The average Bonchev–Trinajstić information content (AvgIpc) is 2.81. The molecule has 0 radical (unpaired) electrons. The third-order valence-corrected chi connectivity index (χ3v) is 5.88. The van der Waals surface area contributed by atoms with Crippen molar-refractivity contribution in [1.82, 2.24) is 14.7 Å². The fourth-order valence-electron chi connectivity index (χ4n) is 3.06. The minimum atomic E-state index is -0.611. The maximum atomic E-state index is 12.8. The van der Waals surface area contributed by atoms with Crippen LogP contribution in [-0.4, -0.2) is 92.2 Å². The molecule has 1 unspecified atom stereocenters. The van der Waals surface area contributed by atoms with E-state index in [9.17, 15) is 9.59 Å². The number of anilines is 1. The summed E-state index contributed by atoms with van der Waals surface area (Å²) in [6.07, 6.45) is 2.12. The highest BCUT2D eigenvalue weighted by Crippen LogP contribution is 2.20. The topological polar surface area (TPSA) is 80.1 Å². The molecule has 1 aromatic carbocycles. The third kappa shape index (κ3) is 9.10. The maximum Gasteiger partial charge on any atom is 0.328 e. The molecule has 0 saturated carbocycles. The summed E-state index contributed by atoms with van der Waals surface area (Å²) in [5.41, 5.74) is 1.76. The van der Waals surface area contributed by atoms with Gasteiger partial charge in [0.15, 0.2) is 5.11 Å². The number of carbonyl (C=O) groups is 2. The van der Waals surface area contributed by atoms with Crippen LogP contribution >= 0.6 is 12.2 Å². The zero-order valence-electron chi connectivity index (χ0n) is 20.3. The van der Waals surface area contributed by atoms with Crippen LogP contribution in [0.15, 0.2) is 30.8 Å². The Bertz CT molecular complexity index is 851. The van der Waals surface area contributed by atoms with Gasteiger partial charge in [0.1, 0.15) is 12.6 Å². The van der Waals surface area contributed by atoms with Gasteiger partial charge in [-0.05, 0) is 36.8 Å². The molecular formula is C24H35N5O3S. The van der Waals surface area contributed by atoms with Crippen LogP contribution in [0.3, 0.4) is 0 Å². The molecule has 0 spiro atoms. The quantitative estimate of drug-likeness (QED) is 0.260. The van der Waals surface area contributed by atoms with Crippen LogP contribution < -0.4 is 4.90 Å². The molecule has 180 valence electrons. The Morgan fingerprint density at radius 3 is 2.27 bits per heavy atom. The lowest BCUT2D eigenvalue weighted by molar-refractivity contribution is -0.144. The van der Waals surface area contributed by atoms with Crippen LogP contribution in [0.4, 0.5) is 5.69 Å². The molecule has 0 bridgehead atoms. The zero-order valence-corrected chi connectivity index (χ0v) is 21.1. The first-order valence-electron chi connectivity index (χ1n) is 10.8. The number of ether oxygens (including phenoxy) is 1. The lowest BCUT2D eigenvalue weighted by Gasteiger charge is -2.31. The van der Waals surface area contributed by atoms with E-state index in [1.54, 1.807) is 24.9 Å². The van der Waals surface area contributed by atoms with Crippen LogP contribution in [0.1, 0.15) is 25.3 Å². The van der Waals surface area contributed by atoms with E-state index < -0.39 is 12.0 Å². The van der Waals surface area contributed by atoms with Crippen molar-refractivity contribution in [3.63, 3.8) is 0 Å². The number of hydrogen-bond donors (Lipinski definition) is 0. The Morgan fingerprint density at radius 2 is 1.73 bits per heavy atom. The summed E-state index contributed by atoms with van der Waals surface area (Å²) in [4.78, 5) is 32.6. The Labute approximate surface area is 203 Å². The van der Waals surface area contributed by atoms with Crippen LogP contribution in [0.2, 0.25) is 0 Å². The van der Waals surface area contributed by atoms with Gasteiger partial charge in [-0.15, -0.1) is 0 Å². The van der Waals surface area contributed by atoms with Crippen LogP contribution in [0, 0.1) is 11.3 Å². The molecule has 0 saturated heterocycles. The molecule has 1 rings (SSSR count). The summed E-state index contributed by atoms with van der Waals surface area (Å²) in [5, 5.41) is 9.38. The average molecular weight is 474 g/mol. The number of thiocarbonyl (C=S) groups is 1. The smallest absolute Gasteiger partial charge is 0.328 e. The number of amides is 1. The molecule has 0 N–H and O–H groups in total. The lowest BCUT2D eigenvalue weighted by Crippen LogP contribution is -2.44. The zero-order chi connectivity index (χ0) is 25.0. The predicted molar refractivity (Wildman–Crippen MR) is 136 cm³/mol. The highest BCUT2D eigenvalue weighted by Gasteiger charge is 2.24. The largest absolute Gasteiger partial charge is 0.463 e. The summed E-state index contributed by atoms with van der Waals surface area (Å²) in [7, 11) is 7.43.